The van der Waals surface area contributed by atoms with E-state index in [1.165, 1.54) is 11.8 Å². The summed E-state index contributed by atoms with van der Waals surface area (Å²) >= 11 is 1.41. The highest BCUT2D eigenvalue weighted by Crippen LogP contribution is 2.19. The first-order valence-corrected chi connectivity index (χ1v) is 9.70. The molecule has 1 amide bonds. The van der Waals surface area contributed by atoms with Gasteiger partial charge in [0.2, 0.25) is 5.91 Å². The predicted molar refractivity (Wildman–Crippen MR) is 107 cm³/mol. The first-order valence-electron chi connectivity index (χ1n) is 8.65. The molecule has 2 atom stereocenters. The van der Waals surface area contributed by atoms with Gasteiger partial charge in [0.05, 0.1) is 22.0 Å². The van der Waals surface area contributed by atoms with E-state index in [1.54, 1.807) is 6.92 Å². The van der Waals surface area contributed by atoms with E-state index in [4.69, 9.17) is 0 Å². The summed E-state index contributed by atoms with van der Waals surface area (Å²) in [5.41, 5.74) is 2.71. The number of carboxylic acid groups (broad SMARTS) is 1. The van der Waals surface area contributed by atoms with Gasteiger partial charge in [-0.1, -0.05) is 42.5 Å². The molecule has 0 aliphatic heterocycles. The van der Waals surface area contributed by atoms with E-state index in [0.29, 0.717) is 5.75 Å². The number of para-hydroxylation sites is 2. The van der Waals surface area contributed by atoms with Gasteiger partial charge in [0.15, 0.2) is 0 Å². The van der Waals surface area contributed by atoms with E-state index in [9.17, 15) is 14.7 Å². The maximum absolute atomic E-state index is 12.4. The van der Waals surface area contributed by atoms with Crippen molar-refractivity contribution in [1.29, 1.82) is 0 Å². The molecular formula is C20H21N3O3S. The lowest BCUT2D eigenvalue weighted by Gasteiger charge is -2.17. The molecule has 0 bridgehead atoms. The summed E-state index contributed by atoms with van der Waals surface area (Å²) in [5.74, 6) is 0.000664. The first-order chi connectivity index (χ1) is 13.0. The van der Waals surface area contributed by atoms with Crippen molar-refractivity contribution in [1.82, 2.24) is 15.3 Å². The highest BCUT2D eigenvalue weighted by Gasteiger charge is 2.23. The Labute approximate surface area is 161 Å². The fourth-order valence-electron chi connectivity index (χ4n) is 2.69. The third-order valence-corrected chi connectivity index (χ3v) is 5.33. The maximum atomic E-state index is 12.4. The van der Waals surface area contributed by atoms with Crippen LogP contribution in [0.4, 0.5) is 0 Å². The van der Waals surface area contributed by atoms with E-state index >= 15 is 0 Å². The Morgan fingerprint density at radius 3 is 2.56 bits per heavy atom. The van der Waals surface area contributed by atoms with Gasteiger partial charge in [-0.05, 0) is 24.6 Å². The van der Waals surface area contributed by atoms with Gasteiger partial charge >= 0.3 is 5.97 Å². The molecule has 0 aliphatic rings. The molecule has 6 nitrogen and oxygen atoms in total. The zero-order valence-corrected chi connectivity index (χ0v) is 15.7. The van der Waals surface area contributed by atoms with Gasteiger partial charge in [-0.25, -0.2) is 9.78 Å². The van der Waals surface area contributed by atoms with E-state index in [-0.39, 0.29) is 12.3 Å². The summed E-state index contributed by atoms with van der Waals surface area (Å²) in [4.78, 5) is 31.6. The van der Waals surface area contributed by atoms with Gasteiger partial charge < -0.3 is 15.4 Å². The minimum atomic E-state index is -1.04. The van der Waals surface area contributed by atoms with Gasteiger partial charge in [0, 0.05) is 6.42 Å². The van der Waals surface area contributed by atoms with Crippen molar-refractivity contribution in [2.75, 3.05) is 0 Å². The maximum Gasteiger partial charge on any atom is 0.326 e. The van der Waals surface area contributed by atoms with Crippen LogP contribution < -0.4 is 5.32 Å². The number of nitrogens with one attached hydrogen (secondary N) is 2. The van der Waals surface area contributed by atoms with Crippen molar-refractivity contribution < 1.29 is 14.7 Å². The lowest BCUT2D eigenvalue weighted by atomic mass is 10.1. The fourth-order valence-corrected chi connectivity index (χ4v) is 3.46. The number of imidazole rings is 1. The second-order valence-electron chi connectivity index (χ2n) is 6.24. The number of aliphatic carboxylic acids is 1. The van der Waals surface area contributed by atoms with Gasteiger partial charge in [0.25, 0.3) is 0 Å². The van der Waals surface area contributed by atoms with Crippen molar-refractivity contribution in [3.63, 3.8) is 0 Å². The Morgan fingerprint density at radius 1 is 1.15 bits per heavy atom. The second kappa shape index (κ2) is 8.73. The Hall–Kier alpha value is -2.80. The molecule has 1 unspecified atom stereocenters. The molecule has 0 saturated heterocycles. The number of benzene rings is 2. The normalized spacial score (nSPS) is 13.2. The summed E-state index contributed by atoms with van der Waals surface area (Å²) in [6.07, 6.45) is 0.253. The lowest BCUT2D eigenvalue weighted by molar-refractivity contribution is -0.141. The molecule has 0 fully saturated rings. The zero-order valence-electron chi connectivity index (χ0n) is 14.9. The summed E-state index contributed by atoms with van der Waals surface area (Å²) in [5, 5.41) is 11.7. The molecule has 27 heavy (non-hydrogen) atoms. The molecule has 3 rings (SSSR count). The van der Waals surface area contributed by atoms with Crippen LogP contribution in [0, 0.1) is 0 Å². The van der Waals surface area contributed by atoms with Gasteiger partial charge in [-0.15, -0.1) is 11.8 Å². The smallest absolute Gasteiger partial charge is 0.326 e. The summed E-state index contributed by atoms with van der Waals surface area (Å²) in [6.45, 7) is 1.77. The standard InChI is InChI=1S/C20H21N3O3S/c1-13(27-12-18-21-15-9-5-6-10-16(15)22-18)19(24)23-17(20(25)26)11-14-7-3-2-4-8-14/h2-10,13,17H,11-12H2,1H3,(H,21,22)(H,23,24)(H,25,26)/t13?,17-/m0/s1. The van der Waals surface area contributed by atoms with Crippen molar-refractivity contribution in [2.24, 2.45) is 0 Å². The number of hydrogen-bond donors (Lipinski definition) is 3. The highest BCUT2D eigenvalue weighted by atomic mass is 32.2. The Kier molecular flexibility index (Phi) is 6.13. The number of nitrogens with zero attached hydrogens (tertiary/aromatic N) is 1. The predicted octanol–water partition coefficient (Wildman–Crippen LogP) is 3.00. The first kappa shape index (κ1) is 19.0. The van der Waals surface area contributed by atoms with Crippen LogP contribution >= 0.6 is 11.8 Å². The number of aromatic nitrogens is 2. The van der Waals surface area contributed by atoms with E-state index < -0.39 is 17.3 Å². The molecule has 0 saturated carbocycles. The number of rotatable bonds is 8. The fraction of sp³-hybridized carbons (Fsp3) is 0.250. The zero-order chi connectivity index (χ0) is 19.2. The SMILES string of the molecule is CC(SCc1nc2ccccc2[nH]1)C(=O)N[C@@H](Cc1ccccc1)C(=O)O. The Bertz CT molecular complexity index is 893. The van der Waals surface area contributed by atoms with Crippen LogP contribution in [0.3, 0.4) is 0 Å². The molecule has 2 aromatic carbocycles. The number of hydrogen-bond acceptors (Lipinski definition) is 4. The van der Waals surface area contributed by atoms with Crippen LogP contribution in [-0.4, -0.2) is 38.2 Å². The van der Waals surface area contributed by atoms with E-state index in [0.717, 1.165) is 22.4 Å². The number of carboxylic acids is 1. The van der Waals surface area contributed by atoms with Crippen molar-refractivity contribution in [3.8, 4) is 0 Å². The van der Waals surface area contributed by atoms with Crippen LogP contribution in [-0.2, 0) is 21.8 Å². The van der Waals surface area contributed by atoms with Crippen LogP contribution in [0.5, 0.6) is 0 Å². The van der Waals surface area contributed by atoms with Gasteiger partial charge in [-0.2, -0.15) is 0 Å². The van der Waals surface area contributed by atoms with Crippen LogP contribution in [0.15, 0.2) is 54.6 Å². The molecule has 1 aromatic heterocycles. The van der Waals surface area contributed by atoms with Crippen LogP contribution in [0.2, 0.25) is 0 Å². The molecule has 140 valence electrons. The molecule has 3 N–H and O–H groups in total. The Balaban J connectivity index is 1.56. The quantitative estimate of drug-likeness (QED) is 0.556. The van der Waals surface area contributed by atoms with Crippen LogP contribution in [0.1, 0.15) is 18.3 Å². The minimum Gasteiger partial charge on any atom is -0.480 e. The molecule has 1 heterocycles. The summed E-state index contributed by atoms with van der Waals surface area (Å²) in [7, 11) is 0. The number of carbonyl (C=O) groups excluding carboxylic acids is 1. The third kappa shape index (κ3) is 5.10. The van der Waals surface area contributed by atoms with Gasteiger partial charge in [-0.3, -0.25) is 4.79 Å². The number of amides is 1. The number of carbonyl (C=O) groups is 2. The minimum absolute atomic E-state index is 0.253. The molecule has 7 heteroatoms. The summed E-state index contributed by atoms with van der Waals surface area (Å²) in [6, 6.07) is 16.1. The number of H-pyrrole nitrogens is 1. The number of fused-ring (bicyclic) bond motifs is 1. The average Bonchev–Trinajstić information content (AvgIpc) is 3.09. The summed E-state index contributed by atoms with van der Waals surface area (Å²) < 4.78 is 0. The third-order valence-electron chi connectivity index (χ3n) is 4.17. The van der Waals surface area contributed by atoms with E-state index in [2.05, 4.69) is 15.3 Å². The number of thioether (sulfide) groups is 1. The molecule has 3 aromatic rings. The van der Waals surface area contributed by atoms with Crippen molar-refractivity contribution >= 4 is 34.7 Å². The van der Waals surface area contributed by atoms with E-state index in [1.807, 2.05) is 54.6 Å². The van der Waals surface area contributed by atoms with Crippen LogP contribution in [0.25, 0.3) is 11.0 Å². The van der Waals surface area contributed by atoms with Crippen molar-refractivity contribution in [3.05, 3.63) is 66.0 Å². The van der Waals surface area contributed by atoms with Crippen molar-refractivity contribution in [2.45, 2.75) is 30.4 Å². The monoisotopic (exact) mass is 383 g/mol. The lowest BCUT2D eigenvalue weighted by Crippen LogP contribution is -2.45. The second-order valence-corrected chi connectivity index (χ2v) is 7.57. The highest BCUT2D eigenvalue weighted by molar-refractivity contribution is 7.99. The molecule has 0 spiro atoms. The number of aromatic amines is 1. The van der Waals surface area contributed by atoms with Gasteiger partial charge in [0.1, 0.15) is 11.9 Å². The average molecular weight is 383 g/mol. The molecular weight excluding hydrogens is 362 g/mol. The Morgan fingerprint density at radius 2 is 1.85 bits per heavy atom. The molecule has 0 radical (unpaired) electrons. The molecule has 0 aliphatic carbocycles. The largest absolute Gasteiger partial charge is 0.480 e. The topological polar surface area (TPSA) is 95.1 Å².